The van der Waals surface area contributed by atoms with E-state index in [1.54, 1.807) is 12.1 Å². The van der Waals surface area contributed by atoms with Crippen LogP contribution in [0.5, 0.6) is 0 Å². The number of carbonyl (C=O) groups excluding carboxylic acids is 2. The van der Waals surface area contributed by atoms with E-state index in [0.29, 0.717) is 25.2 Å². The predicted octanol–water partition coefficient (Wildman–Crippen LogP) is 1.04. The minimum Gasteiger partial charge on any atom is -0.352 e. The molecule has 0 saturated heterocycles. The second kappa shape index (κ2) is 7.05. The van der Waals surface area contributed by atoms with E-state index in [2.05, 4.69) is 10.6 Å². The number of rotatable bonds is 5. The highest BCUT2D eigenvalue weighted by atomic mass is 16.2. The molecule has 20 heavy (non-hydrogen) atoms. The zero-order chi connectivity index (χ0) is 15.2. The van der Waals surface area contributed by atoms with Crippen molar-refractivity contribution in [2.24, 2.45) is 11.1 Å². The number of carbonyl (C=O) groups is 2. The lowest BCUT2D eigenvalue weighted by Crippen LogP contribution is -2.34. The summed E-state index contributed by atoms with van der Waals surface area (Å²) >= 11 is 0. The monoisotopic (exact) mass is 277 g/mol. The number of amides is 2. The maximum atomic E-state index is 11.7. The first kappa shape index (κ1) is 16.2. The Balaban J connectivity index is 2.55. The molecule has 1 aromatic carbocycles. The summed E-state index contributed by atoms with van der Waals surface area (Å²) in [7, 11) is 0. The normalized spacial score (nSPS) is 11.0. The highest BCUT2D eigenvalue weighted by Gasteiger charge is 2.20. The molecule has 5 nitrogen and oxygen atoms in total. The summed E-state index contributed by atoms with van der Waals surface area (Å²) in [6.45, 7) is 6.94. The van der Waals surface area contributed by atoms with Gasteiger partial charge < -0.3 is 16.4 Å². The molecular formula is C15H23N3O2. The molecule has 0 spiro atoms. The van der Waals surface area contributed by atoms with Gasteiger partial charge in [-0.15, -0.1) is 0 Å². The fourth-order valence-corrected chi connectivity index (χ4v) is 1.51. The van der Waals surface area contributed by atoms with Crippen LogP contribution in [0.15, 0.2) is 24.3 Å². The van der Waals surface area contributed by atoms with Crippen LogP contribution >= 0.6 is 0 Å². The molecule has 0 atom stereocenters. The largest absolute Gasteiger partial charge is 0.352 e. The third kappa shape index (κ3) is 5.01. The van der Waals surface area contributed by atoms with Crippen molar-refractivity contribution in [3.05, 3.63) is 35.4 Å². The minimum atomic E-state index is -0.401. The van der Waals surface area contributed by atoms with E-state index in [9.17, 15) is 9.59 Å². The Morgan fingerprint density at radius 1 is 1.10 bits per heavy atom. The van der Waals surface area contributed by atoms with Crippen molar-refractivity contribution in [3.63, 3.8) is 0 Å². The molecule has 0 fully saturated rings. The van der Waals surface area contributed by atoms with Crippen LogP contribution in [-0.4, -0.2) is 24.9 Å². The second-order valence-electron chi connectivity index (χ2n) is 5.67. The summed E-state index contributed by atoms with van der Waals surface area (Å²) in [5, 5.41) is 5.57. The first-order chi connectivity index (χ1) is 9.34. The maximum Gasteiger partial charge on any atom is 0.251 e. The number of nitrogens with one attached hydrogen (secondary N) is 2. The van der Waals surface area contributed by atoms with E-state index in [0.717, 1.165) is 5.56 Å². The molecule has 1 rings (SSSR count). The average Bonchev–Trinajstić information content (AvgIpc) is 2.41. The molecule has 0 unspecified atom stereocenters. The number of hydrogen-bond donors (Lipinski definition) is 3. The summed E-state index contributed by atoms with van der Waals surface area (Å²) in [5.41, 5.74) is 6.47. The average molecular weight is 277 g/mol. The van der Waals surface area contributed by atoms with Gasteiger partial charge in [-0.2, -0.15) is 0 Å². The summed E-state index contributed by atoms with van der Waals surface area (Å²) in [6.07, 6.45) is 0. The Bertz CT molecular complexity index is 461. The number of nitrogens with two attached hydrogens (primary N) is 1. The van der Waals surface area contributed by atoms with Gasteiger partial charge in [-0.3, -0.25) is 9.59 Å². The molecule has 0 aliphatic rings. The molecule has 0 aromatic heterocycles. The highest BCUT2D eigenvalue weighted by Crippen LogP contribution is 2.13. The zero-order valence-electron chi connectivity index (χ0n) is 12.3. The third-order valence-corrected chi connectivity index (χ3v) is 2.78. The fraction of sp³-hybridized carbons (Fsp3) is 0.467. The zero-order valence-corrected chi connectivity index (χ0v) is 12.3. The lowest BCUT2D eigenvalue weighted by Gasteiger charge is -2.17. The Morgan fingerprint density at radius 2 is 1.70 bits per heavy atom. The molecule has 110 valence electrons. The summed E-state index contributed by atoms with van der Waals surface area (Å²) in [6, 6.07) is 7.15. The maximum absolute atomic E-state index is 11.7. The Kier molecular flexibility index (Phi) is 5.70. The van der Waals surface area contributed by atoms with Gasteiger partial charge in [-0.25, -0.2) is 0 Å². The van der Waals surface area contributed by atoms with Crippen molar-refractivity contribution in [1.29, 1.82) is 0 Å². The van der Waals surface area contributed by atoms with Crippen molar-refractivity contribution in [3.8, 4) is 0 Å². The number of benzene rings is 1. The Hall–Kier alpha value is -1.88. The quantitative estimate of drug-likeness (QED) is 0.752. The summed E-state index contributed by atoms with van der Waals surface area (Å²) < 4.78 is 0. The summed E-state index contributed by atoms with van der Waals surface area (Å²) in [4.78, 5) is 23.4. The SMILES string of the molecule is CC(C)(C)C(=O)NCc1ccc(C(=O)NCCN)cc1. The van der Waals surface area contributed by atoms with Crippen LogP contribution in [0.3, 0.4) is 0 Å². The highest BCUT2D eigenvalue weighted by molar-refractivity contribution is 5.94. The van der Waals surface area contributed by atoms with Gasteiger partial charge in [0.1, 0.15) is 0 Å². The van der Waals surface area contributed by atoms with Gasteiger partial charge in [0.05, 0.1) is 0 Å². The van der Waals surface area contributed by atoms with Gasteiger partial charge in [0.25, 0.3) is 5.91 Å². The van der Waals surface area contributed by atoms with E-state index in [4.69, 9.17) is 5.73 Å². The van der Waals surface area contributed by atoms with Gasteiger partial charge in [-0.1, -0.05) is 32.9 Å². The molecule has 0 radical (unpaired) electrons. The minimum absolute atomic E-state index is 0.00210. The molecule has 0 aliphatic carbocycles. The first-order valence-corrected chi connectivity index (χ1v) is 6.70. The smallest absolute Gasteiger partial charge is 0.251 e. The molecule has 4 N–H and O–H groups in total. The van der Waals surface area contributed by atoms with Crippen LogP contribution in [0.2, 0.25) is 0 Å². The van der Waals surface area contributed by atoms with Gasteiger partial charge >= 0.3 is 0 Å². The molecular weight excluding hydrogens is 254 g/mol. The van der Waals surface area contributed by atoms with E-state index in [1.165, 1.54) is 0 Å². The van der Waals surface area contributed by atoms with Crippen molar-refractivity contribution in [2.75, 3.05) is 13.1 Å². The lowest BCUT2D eigenvalue weighted by molar-refractivity contribution is -0.128. The van der Waals surface area contributed by atoms with Crippen molar-refractivity contribution < 1.29 is 9.59 Å². The van der Waals surface area contributed by atoms with Gasteiger partial charge in [-0.05, 0) is 17.7 Å². The van der Waals surface area contributed by atoms with E-state index >= 15 is 0 Å². The standard InChI is InChI=1S/C15H23N3O2/c1-15(2,3)14(20)18-10-11-4-6-12(7-5-11)13(19)17-9-8-16/h4-7H,8-10,16H2,1-3H3,(H,17,19)(H,18,20). The molecule has 0 saturated carbocycles. The topological polar surface area (TPSA) is 84.2 Å². The second-order valence-corrected chi connectivity index (χ2v) is 5.67. The van der Waals surface area contributed by atoms with Crippen molar-refractivity contribution >= 4 is 11.8 Å². The van der Waals surface area contributed by atoms with E-state index < -0.39 is 5.41 Å². The van der Waals surface area contributed by atoms with Crippen LogP contribution in [-0.2, 0) is 11.3 Å². The van der Waals surface area contributed by atoms with Crippen LogP contribution < -0.4 is 16.4 Å². The molecule has 1 aromatic rings. The summed E-state index contributed by atoms with van der Waals surface area (Å²) in [5.74, 6) is -0.136. The fourth-order valence-electron chi connectivity index (χ4n) is 1.51. The number of hydrogen-bond acceptors (Lipinski definition) is 3. The Morgan fingerprint density at radius 3 is 2.20 bits per heavy atom. The Labute approximate surface area is 119 Å². The van der Waals surface area contributed by atoms with Crippen LogP contribution in [0.4, 0.5) is 0 Å². The molecule has 0 aliphatic heterocycles. The molecule has 2 amide bonds. The van der Waals surface area contributed by atoms with E-state index in [-0.39, 0.29) is 11.8 Å². The van der Waals surface area contributed by atoms with E-state index in [1.807, 2.05) is 32.9 Å². The third-order valence-electron chi connectivity index (χ3n) is 2.78. The van der Waals surface area contributed by atoms with Crippen LogP contribution in [0.25, 0.3) is 0 Å². The first-order valence-electron chi connectivity index (χ1n) is 6.70. The van der Waals surface area contributed by atoms with Crippen molar-refractivity contribution in [2.45, 2.75) is 27.3 Å². The molecule has 0 heterocycles. The molecule has 0 bridgehead atoms. The van der Waals surface area contributed by atoms with Crippen LogP contribution in [0, 0.1) is 5.41 Å². The van der Waals surface area contributed by atoms with Gasteiger partial charge in [0.15, 0.2) is 0 Å². The van der Waals surface area contributed by atoms with Crippen molar-refractivity contribution in [1.82, 2.24) is 10.6 Å². The van der Waals surface area contributed by atoms with Gasteiger partial charge in [0.2, 0.25) is 5.91 Å². The lowest BCUT2D eigenvalue weighted by atomic mass is 9.95. The van der Waals surface area contributed by atoms with Crippen LogP contribution in [0.1, 0.15) is 36.7 Å². The van der Waals surface area contributed by atoms with Gasteiger partial charge in [0, 0.05) is 30.6 Å². The molecule has 5 heteroatoms. The predicted molar refractivity (Wildman–Crippen MR) is 79.1 cm³/mol.